The molecule has 1 heterocycles. The zero-order chi connectivity index (χ0) is 10.7. The van der Waals surface area contributed by atoms with Gasteiger partial charge in [-0.3, -0.25) is 0 Å². The summed E-state index contributed by atoms with van der Waals surface area (Å²) in [5.74, 6) is -0.448. The molecule has 5 heteroatoms. The molecule has 0 radical (unpaired) electrons. The number of carbonyl (C=O) groups excluding carboxylic acids is 1. The number of nitrogens with two attached hydrogens (primary N) is 1. The number of carbonyl (C=O) groups is 1. The van der Waals surface area contributed by atoms with E-state index in [1.807, 2.05) is 0 Å². The summed E-state index contributed by atoms with van der Waals surface area (Å²) < 4.78 is 4.95. The number of hydrogen-bond acceptors (Lipinski definition) is 4. The molecule has 0 aliphatic rings. The number of aromatic nitrogens is 1. The lowest BCUT2D eigenvalue weighted by Crippen LogP contribution is -2.12. The molecular formula is C9H11ClN2O2. The minimum atomic E-state index is -0.448. The maximum atomic E-state index is 11.4. The van der Waals surface area contributed by atoms with Crippen LogP contribution in [0.5, 0.6) is 0 Å². The Labute approximate surface area is 87.0 Å². The molecule has 0 fully saturated rings. The quantitative estimate of drug-likeness (QED) is 0.603. The number of halogens is 1. The van der Waals surface area contributed by atoms with Gasteiger partial charge in [-0.25, -0.2) is 9.78 Å². The second-order valence-corrected chi connectivity index (χ2v) is 3.42. The number of esters is 1. The van der Waals surface area contributed by atoms with Crippen molar-refractivity contribution in [2.24, 2.45) is 0 Å². The molecule has 0 aliphatic carbocycles. The Hall–Kier alpha value is -1.29. The first-order chi connectivity index (χ1) is 6.50. The lowest BCUT2D eigenvalue weighted by atomic mass is 10.2. The zero-order valence-electron chi connectivity index (χ0n) is 7.95. The van der Waals surface area contributed by atoms with Crippen molar-refractivity contribution in [3.05, 3.63) is 23.0 Å². The minimum Gasteiger partial charge on any atom is -0.459 e. The van der Waals surface area contributed by atoms with Gasteiger partial charge in [-0.1, -0.05) is 11.6 Å². The van der Waals surface area contributed by atoms with Crippen LogP contribution in [0, 0.1) is 0 Å². The SMILES string of the molecule is CC(C)OC(=O)c1cnc(Cl)c(N)c1. The molecule has 0 unspecified atom stereocenters. The molecule has 0 bridgehead atoms. The predicted octanol–water partition coefficient (Wildman–Crippen LogP) is 1.88. The third-order valence-electron chi connectivity index (χ3n) is 1.44. The average molecular weight is 215 g/mol. The van der Waals surface area contributed by atoms with E-state index in [-0.39, 0.29) is 16.9 Å². The third-order valence-corrected chi connectivity index (χ3v) is 1.76. The highest BCUT2D eigenvalue weighted by atomic mass is 35.5. The molecule has 0 amide bonds. The Morgan fingerprint density at radius 1 is 1.64 bits per heavy atom. The molecule has 0 aliphatic heterocycles. The van der Waals surface area contributed by atoms with Crippen molar-refractivity contribution < 1.29 is 9.53 Å². The molecule has 0 atom stereocenters. The molecule has 0 saturated carbocycles. The fourth-order valence-corrected chi connectivity index (χ4v) is 0.962. The van der Waals surface area contributed by atoms with Crippen molar-refractivity contribution >= 4 is 23.3 Å². The van der Waals surface area contributed by atoms with E-state index in [2.05, 4.69) is 4.98 Å². The standard InChI is InChI=1S/C9H11ClN2O2/c1-5(2)14-9(13)6-3-7(11)8(10)12-4-6/h3-5H,11H2,1-2H3. The Morgan fingerprint density at radius 2 is 2.29 bits per heavy atom. The van der Waals surface area contributed by atoms with Crippen molar-refractivity contribution in [2.75, 3.05) is 5.73 Å². The van der Waals surface area contributed by atoms with E-state index in [9.17, 15) is 4.79 Å². The van der Waals surface area contributed by atoms with Crippen molar-refractivity contribution in [3.8, 4) is 0 Å². The summed E-state index contributed by atoms with van der Waals surface area (Å²) in [5, 5.41) is 0.186. The average Bonchev–Trinajstić information content (AvgIpc) is 2.08. The van der Waals surface area contributed by atoms with Gasteiger partial charge in [-0.05, 0) is 19.9 Å². The highest BCUT2D eigenvalue weighted by Crippen LogP contribution is 2.16. The van der Waals surface area contributed by atoms with Gasteiger partial charge in [0.05, 0.1) is 17.4 Å². The van der Waals surface area contributed by atoms with Crippen LogP contribution in [-0.2, 0) is 4.74 Å². The summed E-state index contributed by atoms with van der Waals surface area (Å²) in [6, 6.07) is 1.44. The maximum Gasteiger partial charge on any atom is 0.340 e. The van der Waals surface area contributed by atoms with Crippen molar-refractivity contribution in [2.45, 2.75) is 20.0 Å². The van der Waals surface area contributed by atoms with Crippen molar-refractivity contribution in [3.63, 3.8) is 0 Å². The summed E-state index contributed by atoms with van der Waals surface area (Å²) >= 11 is 5.60. The van der Waals surface area contributed by atoms with E-state index >= 15 is 0 Å². The highest BCUT2D eigenvalue weighted by molar-refractivity contribution is 6.31. The van der Waals surface area contributed by atoms with Gasteiger partial charge in [0.25, 0.3) is 0 Å². The third kappa shape index (κ3) is 2.60. The molecule has 76 valence electrons. The van der Waals surface area contributed by atoms with Gasteiger partial charge < -0.3 is 10.5 Å². The van der Waals surface area contributed by atoms with Gasteiger partial charge in [0.15, 0.2) is 5.15 Å². The molecule has 0 spiro atoms. The van der Waals surface area contributed by atoms with Gasteiger partial charge in [0.2, 0.25) is 0 Å². The number of nitrogens with zero attached hydrogens (tertiary/aromatic N) is 1. The van der Waals surface area contributed by atoms with Crippen LogP contribution >= 0.6 is 11.6 Å². The summed E-state index contributed by atoms with van der Waals surface area (Å²) in [7, 11) is 0. The van der Waals surface area contributed by atoms with Gasteiger partial charge in [-0.2, -0.15) is 0 Å². The summed E-state index contributed by atoms with van der Waals surface area (Å²) in [6.07, 6.45) is 1.17. The van der Waals surface area contributed by atoms with Crippen LogP contribution in [0.25, 0.3) is 0 Å². The zero-order valence-corrected chi connectivity index (χ0v) is 8.71. The van der Waals surface area contributed by atoms with Crippen LogP contribution in [0.2, 0.25) is 5.15 Å². The molecular weight excluding hydrogens is 204 g/mol. The normalized spacial score (nSPS) is 10.3. The number of nitrogen functional groups attached to an aromatic ring is 1. The van der Waals surface area contributed by atoms with Crippen LogP contribution in [0.4, 0.5) is 5.69 Å². The van der Waals surface area contributed by atoms with Crippen LogP contribution in [0.15, 0.2) is 12.3 Å². The van der Waals surface area contributed by atoms with Crippen LogP contribution in [-0.4, -0.2) is 17.1 Å². The molecule has 1 rings (SSSR count). The fraction of sp³-hybridized carbons (Fsp3) is 0.333. The Balaban J connectivity index is 2.86. The van der Waals surface area contributed by atoms with Crippen molar-refractivity contribution in [1.29, 1.82) is 0 Å². The second kappa shape index (κ2) is 4.28. The predicted molar refractivity (Wildman–Crippen MR) is 54.2 cm³/mol. The van der Waals surface area contributed by atoms with Gasteiger partial charge >= 0.3 is 5.97 Å². The van der Waals surface area contributed by atoms with Crippen LogP contribution in [0.1, 0.15) is 24.2 Å². The largest absolute Gasteiger partial charge is 0.459 e. The molecule has 0 saturated heterocycles. The van der Waals surface area contributed by atoms with Gasteiger partial charge in [0.1, 0.15) is 0 Å². The van der Waals surface area contributed by atoms with Crippen LogP contribution in [0.3, 0.4) is 0 Å². The topological polar surface area (TPSA) is 65.2 Å². The number of pyridine rings is 1. The van der Waals surface area contributed by atoms with E-state index in [1.54, 1.807) is 13.8 Å². The Kier molecular flexibility index (Phi) is 3.30. The smallest absolute Gasteiger partial charge is 0.340 e. The van der Waals surface area contributed by atoms with Gasteiger partial charge in [0, 0.05) is 6.20 Å². The number of anilines is 1. The van der Waals surface area contributed by atoms with E-state index in [0.717, 1.165) is 0 Å². The summed E-state index contributed by atoms with van der Waals surface area (Å²) in [5.41, 5.74) is 6.06. The van der Waals surface area contributed by atoms with E-state index < -0.39 is 5.97 Å². The maximum absolute atomic E-state index is 11.4. The molecule has 1 aromatic heterocycles. The lowest BCUT2D eigenvalue weighted by molar-refractivity contribution is 0.0377. The summed E-state index contributed by atoms with van der Waals surface area (Å²) in [6.45, 7) is 3.54. The highest BCUT2D eigenvalue weighted by Gasteiger charge is 2.11. The van der Waals surface area contributed by atoms with E-state index in [0.29, 0.717) is 5.56 Å². The number of hydrogen-bond donors (Lipinski definition) is 1. The fourth-order valence-electron chi connectivity index (χ4n) is 0.859. The van der Waals surface area contributed by atoms with E-state index in [4.69, 9.17) is 22.1 Å². The van der Waals surface area contributed by atoms with Gasteiger partial charge in [-0.15, -0.1) is 0 Å². The number of rotatable bonds is 2. The van der Waals surface area contributed by atoms with E-state index in [1.165, 1.54) is 12.3 Å². The molecule has 2 N–H and O–H groups in total. The second-order valence-electron chi connectivity index (χ2n) is 3.06. The molecule has 4 nitrogen and oxygen atoms in total. The van der Waals surface area contributed by atoms with Crippen molar-refractivity contribution in [1.82, 2.24) is 4.98 Å². The summed E-state index contributed by atoms with van der Waals surface area (Å²) in [4.78, 5) is 15.1. The molecule has 14 heavy (non-hydrogen) atoms. The number of ether oxygens (including phenoxy) is 1. The Bertz CT molecular complexity index is 353. The first-order valence-electron chi connectivity index (χ1n) is 4.12. The Morgan fingerprint density at radius 3 is 2.79 bits per heavy atom. The van der Waals surface area contributed by atoms with Crippen LogP contribution < -0.4 is 5.73 Å². The first-order valence-corrected chi connectivity index (χ1v) is 4.50. The minimum absolute atomic E-state index is 0.167. The lowest BCUT2D eigenvalue weighted by Gasteiger charge is -2.07. The molecule has 0 aromatic carbocycles. The first kappa shape index (κ1) is 10.8. The molecule has 1 aromatic rings. The monoisotopic (exact) mass is 214 g/mol.